The first-order chi connectivity index (χ1) is 8.07. The Kier molecular flexibility index (Phi) is 3.89. The molecular weight excluding hydrogens is 280 g/mol. The van der Waals surface area contributed by atoms with Gasteiger partial charge in [-0.2, -0.15) is 0 Å². The fourth-order valence-corrected chi connectivity index (χ4v) is 2.31. The number of sulfonamides is 2. The van der Waals surface area contributed by atoms with Crippen molar-refractivity contribution < 1.29 is 21.6 Å². The first-order valence-electron chi connectivity index (χ1n) is 4.72. The second-order valence-corrected chi connectivity index (χ2v) is 7.18. The zero-order chi connectivity index (χ0) is 14.1. The highest BCUT2D eigenvalue weighted by Gasteiger charge is 2.19. The Hall–Kier alpha value is -1.32. The van der Waals surface area contributed by atoms with Crippen LogP contribution in [0.15, 0.2) is 23.1 Å². The number of rotatable bonds is 4. The molecule has 7 nitrogen and oxygen atoms in total. The maximum absolute atomic E-state index is 11.5. The molecule has 0 atom stereocenters. The van der Waals surface area contributed by atoms with Crippen LogP contribution < -0.4 is 14.2 Å². The van der Waals surface area contributed by atoms with Gasteiger partial charge in [0.05, 0.1) is 23.9 Å². The van der Waals surface area contributed by atoms with Gasteiger partial charge < -0.3 is 4.74 Å². The van der Waals surface area contributed by atoms with Gasteiger partial charge in [-0.15, -0.1) is 0 Å². The van der Waals surface area contributed by atoms with Gasteiger partial charge in [0, 0.05) is 7.05 Å². The van der Waals surface area contributed by atoms with E-state index in [0.29, 0.717) is 0 Å². The van der Waals surface area contributed by atoms with Crippen molar-refractivity contribution in [1.82, 2.24) is 0 Å². The van der Waals surface area contributed by atoms with Crippen LogP contribution >= 0.6 is 0 Å². The molecule has 0 aliphatic rings. The summed E-state index contributed by atoms with van der Waals surface area (Å²) in [5.41, 5.74) is 0.103. The molecule has 0 aromatic heterocycles. The summed E-state index contributed by atoms with van der Waals surface area (Å²) in [6.07, 6.45) is 0.996. The molecule has 0 radical (unpaired) electrons. The Morgan fingerprint density at radius 2 is 1.78 bits per heavy atom. The van der Waals surface area contributed by atoms with E-state index in [1.165, 1.54) is 26.3 Å². The van der Waals surface area contributed by atoms with E-state index in [0.717, 1.165) is 16.6 Å². The molecule has 2 N–H and O–H groups in total. The SMILES string of the molecule is COc1ccc(S(N)(=O)=O)cc1N(C)S(C)(=O)=O. The van der Waals surface area contributed by atoms with Crippen molar-refractivity contribution in [2.75, 3.05) is 24.7 Å². The summed E-state index contributed by atoms with van der Waals surface area (Å²) in [4.78, 5) is -0.186. The number of nitrogens with zero attached hydrogens (tertiary/aromatic N) is 1. The molecule has 0 aliphatic carbocycles. The highest BCUT2D eigenvalue weighted by Crippen LogP contribution is 2.31. The van der Waals surface area contributed by atoms with Gasteiger partial charge in [-0.1, -0.05) is 0 Å². The van der Waals surface area contributed by atoms with Crippen molar-refractivity contribution in [2.45, 2.75) is 4.90 Å². The third-order valence-electron chi connectivity index (χ3n) is 2.32. The quantitative estimate of drug-likeness (QED) is 0.823. The van der Waals surface area contributed by atoms with Gasteiger partial charge in [0.2, 0.25) is 20.0 Å². The van der Waals surface area contributed by atoms with E-state index in [-0.39, 0.29) is 16.3 Å². The predicted molar refractivity (Wildman–Crippen MR) is 67.6 cm³/mol. The summed E-state index contributed by atoms with van der Waals surface area (Å²) < 4.78 is 51.3. The number of methoxy groups -OCH3 is 1. The molecule has 18 heavy (non-hydrogen) atoms. The van der Waals surface area contributed by atoms with Crippen molar-refractivity contribution in [1.29, 1.82) is 0 Å². The highest BCUT2D eigenvalue weighted by molar-refractivity contribution is 7.92. The lowest BCUT2D eigenvalue weighted by Crippen LogP contribution is -2.25. The van der Waals surface area contributed by atoms with Gasteiger partial charge in [0.25, 0.3) is 0 Å². The summed E-state index contributed by atoms with van der Waals surface area (Å²) in [5, 5.41) is 4.99. The van der Waals surface area contributed by atoms with Crippen LogP contribution in [-0.2, 0) is 20.0 Å². The molecule has 0 amide bonds. The van der Waals surface area contributed by atoms with Crippen molar-refractivity contribution in [3.8, 4) is 5.75 Å². The summed E-state index contributed by atoms with van der Waals surface area (Å²) in [5.74, 6) is 0.232. The predicted octanol–water partition coefficient (Wildman–Crippen LogP) is -0.262. The van der Waals surface area contributed by atoms with Gasteiger partial charge in [-0.05, 0) is 18.2 Å². The number of primary sulfonamides is 1. The van der Waals surface area contributed by atoms with Crippen molar-refractivity contribution in [3.63, 3.8) is 0 Å². The van der Waals surface area contributed by atoms with Crippen molar-refractivity contribution in [3.05, 3.63) is 18.2 Å². The molecule has 0 heterocycles. The van der Waals surface area contributed by atoms with Gasteiger partial charge in [-0.25, -0.2) is 22.0 Å². The largest absolute Gasteiger partial charge is 0.495 e. The molecule has 1 rings (SSSR count). The van der Waals surface area contributed by atoms with Crippen LogP contribution in [0.2, 0.25) is 0 Å². The van der Waals surface area contributed by atoms with Crippen LogP contribution in [0.3, 0.4) is 0 Å². The van der Waals surface area contributed by atoms with Gasteiger partial charge >= 0.3 is 0 Å². The van der Waals surface area contributed by atoms with Gasteiger partial charge in [-0.3, -0.25) is 4.31 Å². The molecule has 0 saturated heterocycles. The summed E-state index contributed by atoms with van der Waals surface area (Å²) >= 11 is 0. The van der Waals surface area contributed by atoms with Gasteiger partial charge in [0.15, 0.2) is 0 Å². The Bertz CT molecular complexity index is 652. The number of ether oxygens (including phenoxy) is 1. The molecule has 1 aromatic carbocycles. The van der Waals surface area contributed by atoms with Crippen LogP contribution in [0.5, 0.6) is 5.75 Å². The van der Waals surface area contributed by atoms with E-state index in [2.05, 4.69) is 0 Å². The fraction of sp³-hybridized carbons (Fsp3) is 0.333. The summed E-state index contributed by atoms with van der Waals surface area (Å²) in [7, 11) is -4.79. The minimum absolute atomic E-state index is 0.103. The minimum atomic E-state index is -3.91. The molecule has 9 heteroatoms. The van der Waals surface area contributed by atoms with Crippen LogP contribution in [0, 0.1) is 0 Å². The second-order valence-electron chi connectivity index (χ2n) is 3.61. The Morgan fingerprint density at radius 3 is 2.17 bits per heavy atom. The zero-order valence-corrected chi connectivity index (χ0v) is 11.7. The van der Waals surface area contributed by atoms with E-state index in [9.17, 15) is 16.8 Å². The maximum Gasteiger partial charge on any atom is 0.238 e. The molecular formula is C9H14N2O5S2. The molecule has 102 valence electrons. The van der Waals surface area contributed by atoms with E-state index < -0.39 is 20.0 Å². The minimum Gasteiger partial charge on any atom is -0.495 e. The van der Waals surface area contributed by atoms with Crippen LogP contribution in [0.25, 0.3) is 0 Å². The Labute approximate surface area is 106 Å². The standard InChI is InChI=1S/C9H14N2O5S2/c1-11(17(3,12)13)8-6-7(18(10,14)15)4-5-9(8)16-2/h4-6H,1-3H3,(H2,10,14,15). The normalized spacial score (nSPS) is 12.2. The Balaban J connectivity index is 3.50. The molecule has 0 aliphatic heterocycles. The third kappa shape index (κ3) is 3.12. The average molecular weight is 294 g/mol. The number of hydrogen-bond donors (Lipinski definition) is 1. The second kappa shape index (κ2) is 4.75. The highest BCUT2D eigenvalue weighted by atomic mass is 32.2. The number of anilines is 1. The third-order valence-corrected chi connectivity index (χ3v) is 4.42. The first kappa shape index (κ1) is 14.7. The van der Waals surface area contributed by atoms with Crippen molar-refractivity contribution in [2.24, 2.45) is 5.14 Å². The molecule has 0 fully saturated rings. The molecule has 0 saturated carbocycles. The Morgan fingerprint density at radius 1 is 1.22 bits per heavy atom. The number of hydrogen-bond acceptors (Lipinski definition) is 5. The topological polar surface area (TPSA) is 107 Å². The smallest absolute Gasteiger partial charge is 0.238 e. The monoisotopic (exact) mass is 294 g/mol. The van der Waals surface area contributed by atoms with Crippen molar-refractivity contribution >= 4 is 25.7 Å². The lowest BCUT2D eigenvalue weighted by atomic mass is 10.3. The maximum atomic E-state index is 11.5. The summed E-state index contributed by atoms with van der Waals surface area (Å²) in [6.45, 7) is 0. The number of benzene rings is 1. The summed E-state index contributed by atoms with van der Waals surface area (Å²) in [6, 6.07) is 3.74. The fourth-order valence-electron chi connectivity index (χ4n) is 1.27. The lowest BCUT2D eigenvalue weighted by molar-refractivity contribution is 0.415. The number of nitrogens with two attached hydrogens (primary N) is 1. The van der Waals surface area contributed by atoms with Crippen LogP contribution in [0.4, 0.5) is 5.69 Å². The van der Waals surface area contributed by atoms with E-state index >= 15 is 0 Å². The average Bonchev–Trinajstić information content (AvgIpc) is 2.24. The van der Waals surface area contributed by atoms with E-state index in [1.54, 1.807) is 0 Å². The first-order valence-corrected chi connectivity index (χ1v) is 8.11. The van der Waals surface area contributed by atoms with Crippen LogP contribution in [-0.4, -0.2) is 37.2 Å². The van der Waals surface area contributed by atoms with Gasteiger partial charge in [0.1, 0.15) is 5.75 Å². The molecule has 0 unspecified atom stereocenters. The zero-order valence-electron chi connectivity index (χ0n) is 10.1. The van der Waals surface area contributed by atoms with E-state index in [4.69, 9.17) is 9.88 Å². The van der Waals surface area contributed by atoms with E-state index in [1.807, 2.05) is 0 Å². The molecule has 1 aromatic rings. The van der Waals surface area contributed by atoms with Crippen LogP contribution in [0.1, 0.15) is 0 Å². The molecule has 0 spiro atoms. The lowest BCUT2D eigenvalue weighted by Gasteiger charge is -2.19. The molecule has 0 bridgehead atoms.